The van der Waals surface area contributed by atoms with Crippen molar-refractivity contribution in [2.24, 2.45) is 0 Å². The van der Waals surface area contributed by atoms with Crippen LogP contribution in [0.2, 0.25) is 0 Å². The molecule has 2 aliphatic carbocycles. The van der Waals surface area contributed by atoms with Crippen molar-refractivity contribution in [3.05, 3.63) is 107 Å². The fraction of sp³-hybridized carbons (Fsp3) is 0.111. The minimum Gasteiger partial charge on any atom is -0.497 e. The molecule has 0 heterocycles. The van der Waals surface area contributed by atoms with Gasteiger partial charge in [-0.3, -0.25) is 9.22 Å². The number of benzene rings is 2. The second-order valence-electron chi connectivity index (χ2n) is 7.09. The summed E-state index contributed by atoms with van der Waals surface area (Å²) >= 11 is 0. The van der Waals surface area contributed by atoms with E-state index in [4.69, 9.17) is 13.9 Å². The molecule has 154 valence electrons. The molecule has 0 radical (unpaired) electrons. The average Bonchev–Trinajstić information content (AvgIpc) is 2.84. The van der Waals surface area contributed by atoms with E-state index >= 15 is 0 Å². The lowest BCUT2D eigenvalue weighted by Crippen LogP contribution is -2.12. The van der Waals surface area contributed by atoms with E-state index in [1.54, 1.807) is 21.3 Å². The number of methoxy groups -OCH3 is 2. The van der Waals surface area contributed by atoms with Gasteiger partial charge < -0.3 is 9.47 Å². The molecule has 4 heteroatoms. The molecule has 0 atom stereocenters. The Balaban J connectivity index is 1.84. The summed E-state index contributed by atoms with van der Waals surface area (Å²) < 4.78 is 15.8. The molecule has 0 saturated heterocycles. The van der Waals surface area contributed by atoms with Crippen LogP contribution in [0.5, 0.6) is 11.5 Å². The number of carbonyl (C=O) groups excluding carboxylic acids is 2. The molecule has 0 bridgehead atoms. The first-order valence-electron chi connectivity index (χ1n) is 9.91. The van der Waals surface area contributed by atoms with Gasteiger partial charge in [0.15, 0.2) is 5.78 Å². The lowest BCUT2D eigenvalue weighted by molar-refractivity contribution is -0.417. The first-order chi connectivity index (χ1) is 15.1. The molecule has 2 aromatic rings. The molecule has 4 nitrogen and oxygen atoms in total. The number of ether oxygens (including phenoxy) is 2. The van der Waals surface area contributed by atoms with E-state index < -0.39 is 0 Å². The molecule has 0 spiro atoms. The number of Topliss-reactive ketones (excluding diaryl/α,β-unsaturated/α-hetero) is 1. The fourth-order valence-corrected chi connectivity index (χ4v) is 3.55. The normalized spacial score (nSPS) is 15.6. The van der Waals surface area contributed by atoms with E-state index in [0.29, 0.717) is 11.1 Å². The number of rotatable bonds is 4. The van der Waals surface area contributed by atoms with Gasteiger partial charge in [0.2, 0.25) is 0 Å². The summed E-state index contributed by atoms with van der Waals surface area (Å²) in [7, 11) is 4.89. The van der Waals surface area contributed by atoms with Crippen molar-refractivity contribution in [2.75, 3.05) is 21.3 Å². The average molecular weight is 411 g/mol. The second-order valence-corrected chi connectivity index (χ2v) is 7.09. The Bertz CT molecular complexity index is 1170. The zero-order valence-corrected chi connectivity index (χ0v) is 17.7. The van der Waals surface area contributed by atoms with Crippen LogP contribution in [0.1, 0.15) is 11.1 Å². The van der Waals surface area contributed by atoms with Crippen molar-refractivity contribution in [1.29, 1.82) is 0 Å². The quantitative estimate of drug-likeness (QED) is 0.530. The predicted octanol–water partition coefficient (Wildman–Crippen LogP) is 4.91. The zero-order chi connectivity index (χ0) is 21.8. The Kier molecular flexibility index (Phi) is 5.80. The molecule has 4 rings (SSSR count). The van der Waals surface area contributed by atoms with E-state index in [9.17, 15) is 4.79 Å². The summed E-state index contributed by atoms with van der Waals surface area (Å²) in [5, 5.41) is 0. The highest BCUT2D eigenvalue weighted by atomic mass is 16.5. The molecule has 0 unspecified atom stereocenters. The fourth-order valence-electron chi connectivity index (χ4n) is 3.55. The Morgan fingerprint density at radius 1 is 0.710 bits per heavy atom. The highest BCUT2D eigenvalue weighted by molar-refractivity contribution is 6.34. The lowest BCUT2D eigenvalue weighted by Gasteiger charge is -2.18. The van der Waals surface area contributed by atoms with Gasteiger partial charge in [-0.25, -0.2) is 0 Å². The molecule has 2 aromatic carbocycles. The molecular formula is C27H23O4+. The maximum Gasteiger partial charge on any atom is 0.343 e. The number of carbonyl (C=O) groups is 1. The standard InChI is InChI=1S/C27H23O4/c1-29-22-10-4-18(5-11-22)21-16-25(19-6-12-23(30-2)13-7-19)27(28)26(17-21)20-8-14-24(31-3)15-9-20/h4-17H,1-3H3/q+1. The van der Waals surface area contributed by atoms with Gasteiger partial charge in [0.25, 0.3) is 7.11 Å². The van der Waals surface area contributed by atoms with E-state index in [2.05, 4.69) is 0 Å². The molecule has 2 aliphatic rings. The molecule has 0 amide bonds. The summed E-state index contributed by atoms with van der Waals surface area (Å²) in [6.07, 6.45) is 11.4. The van der Waals surface area contributed by atoms with Gasteiger partial charge in [-0.05, 0) is 70.8 Å². The number of ketones is 2. The second kappa shape index (κ2) is 8.84. The molecule has 0 N–H and O–H groups in total. The summed E-state index contributed by atoms with van der Waals surface area (Å²) in [4.78, 5) is 13.5. The van der Waals surface area contributed by atoms with Gasteiger partial charge >= 0.3 is 5.78 Å². The van der Waals surface area contributed by atoms with E-state index in [1.807, 2.05) is 85.0 Å². The van der Waals surface area contributed by atoms with Crippen LogP contribution in [0.3, 0.4) is 0 Å². The maximum absolute atomic E-state index is 13.5. The topological polar surface area (TPSA) is 46.8 Å². The molecular weight excluding hydrogens is 388 g/mol. The van der Waals surface area contributed by atoms with Crippen LogP contribution in [0.4, 0.5) is 0 Å². The highest BCUT2D eigenvalue weighted by Crippen LogP contribution is 2.34. The molecule has 0 aromatic heterocycles. The van der Waals surface area contributed by atoms with Crippen molar-refractivity contribution in [1.82, 2.24) is 0 Å². The van der Waals surface area contributed by atoms with Gasteiger partial charge in [0.05, 0.1) is 14.2 Å². The third kappa shape index (κ3) is 4.19. The van der Waals surface area contributed by atoms with Crippen molar-refractivity contribution in [3.8, 4) is 11.5 Å². The van der Waals surface area contributed by atoms with Crippen LogP contribution in [-0.2, 0) is 9.22 Å². The lowest BCUT2D eigenvalue weighted by atomic mass is 9.84. The Hall–Kier alpha value is -3.92. The van der Waals surface area contributed by atoms with Crippen LogP contribution in [0, 0.1) is 0 Å². The Morgan fingerprint density at radius 2 is 1.26 bits per heavy atom. The van der Waals surface area contributed by atoms with Gasteiger partial charge in [-0.1, -0.05) is 24.3 Å². The number of hydrogen-bond donors (Lipinski definition) is 0. The SMILES string of the molecule is COc1ccc(C2=CC(=C3C=CC(=[O+]C)C=C3)C(=O)C(c3ccc(OC)cc3)=C2)cc1. The van der Waals surface area contributed by atoms with Gasteiger partial charge in [-0.2, -0.15) is 0 Å². The molecule has 0 aliphatic heterocycles. The first kappa shape index (κ1) is 20.4. The van der Waals surface area contributed by atoms with Crippen molar-refractivity contribution < 1.29 is 18.7 Å². The molecule has 31 heavy (non-hydrogen) atoms. The highest BCUT2D eigenvalue weighted by Gasteiger charge is 2.24. The van der Waals surface area contributed by atoms with E-state index in [1.165, 1.54) is 0 Å². The van der Waals surface area contributed by atoms with Crippen LogP contribution >= 0.6 is 0 Å². The molecule has 0 saturated carbocycles. The Labute approximate surface area is 181 Å². The monoisotopic (exact) mass is 411 g/mol. The summed E-state index contributed by atoms with van der Waals surface area (Å²) in [6, 6.07) is 15.4. The predicted molar refractivity (Wildman–Crippen MR) is 123 cm³/mol. The maximum atomic E-state index is 13.5. The van der Waals surface area contributed by atoms with E-state index in [0.717, 1.165) is 39.6 Å². The minimum absolute atomic E-state index is 0.0207. The van der Waals surface area contributed by atoms with Crippen LogP contribution in [0.15, 0.2) is 96.1 Å². The van der Waals surface area contributed by atoms with E-state index in [-0.39, 0.29) is 5.78 Å². The van der Waals surface area contributed by atoms with Gasteiger partial charge in [0, 0.05) is 23.3 Å². The Morgan fingerprint density at radius 3 is 1.77 bits per heavy atom. The summed E-state index contributed by atoms with van der Waals surface area (Å²) in [6.45, 7) is 0. The summed E-state index contributed by atoms with van der Waals surface area (Å²) in [5.41, 5.74) is 4.93. The third-order valence-electron chi connectivity index (χ3n) is 5.31. The van der Waals surface area contributed by atoms with Crippen molar-refractivity contribution in [2.45, 2.75) is 0 Å². The first-order valence-corrected chi connectivity index (χ1v) is 9.91. The minimum atomic E-state index is -0.0207. The number of hydrogen-bond acceptors (Lipinski definition) is 3. The molecule has 0 fully saturated rings. The summed E-state index contributed by atoms with van der Waals surface area (Å²) in [5.74, 6) is 2.26. The van der Waals surface area contributed by atoms with Crippen LogP contribution in [-0.4, -0.2) is 32.9 Å². The van der Waals surface area contributed by atoms with Gasteiger partial charge in [0.1, 0.15) is 11.5 Å². The van der Waals surface area contributed by atoms with Crippen molar-refractivity contribution >= 4 is 22.7 Å². The zero-order valence-electron chi connectivity index (χ0n) is 17.7. The smallest absolute Gasteiger partial charge is 0.343 e. The number of allylic oxidation sites excluding steroid dienone is 10. The van der Waals surface area contributed by atoms with Crippen LogP contribution < -0.4 is 9.47 Å². The third-order valence-corrected chi connectivity index (χ3v) is 5.31. The van der Waals surface area contributed by atoms with Gasteiger partial charge in [-0.15, -0.1) is 0 Å². The van der Waals surface area contributed by atoms with Crippen LogP contribution in [0.25, 0.3) is 11.1 Å². The van der Waals surface area contributed by atoms with Crippen molar-refractivity contribution in [3.63, 3.8) is 0 Å². The largest absolute Gasteiger partial charge is 0.497 e.